The number of nitrogens with zero attached hydrogens (tertiary/aromatic N) is 1. The van der Waals surface area contributed by atoms with Crippen molar-refractivity contribution >= 4 is 34.7 Å². The summed E-state index contributed by atoms with van der Waals surface area (Å²) < 4.78 is 10.8. The largest absolute Gasteiger partial charge is 0.494 e. The number of nitrogens with one attached hydrogen (secondary N) is 2. The van der Waals surface area contributed by atoms with E-state index in [1.807, 2.05) is 31.2 Å². The van der Waals surface area contributed by atoms with E-state index in [-0.39, 0.29) is 5.97 Å². The standard InChI is InChI=1S/C22H29N3O3S/c1-4-25(5-2)15-16-28-21(26)17-7-9-18(10-8-17)23-22(29)24-19-11-13-20(14-12-19)27-6-3/h7-14H,4-6,15-16H2,1-3H3,(H2,23,24,29). The molecule has 156 valence electrons. The Morgan fingerprint density at radius 2 is 1.48 bits per heavy atom. The molecule has 29 heavy (non-hydrogen) atoms. The monoisotopic (exact) mass is 415 g/mol. The number of ether oxygens (including phenoxy) is 2. The Labute approximate surface area is 178 Å². The van der Waals surface area contributed by atoms with Crippen LogP contribution in [0.5, 0.6) is 5.75 Å². The first kappa shape index (κ1) is 22.6. The van der Waals surface area contributed by atoms with Crippen LogP contribution in [-0.4, -0.2) is 48.8 Å². The Morgan fingerprint density at radius 3 is 2.00 bits per heavy atom. The van der Waals surface area contributed by atoms with Gasteiger partial charge in [0.2, 0.25) is 0 Å². The molecule has 0 saturated carbocycles. The zero-order chi connectivity index (χ0) is 21.1. The molecule has 2 N–H and O–H groups in total. The van der Waals surface area contributed by atoms with Crippen LogP contribution in [0.2, 0.25) is 0 Å². The molecule has 0 amide bonds. The summed E-state index contributed by atoms with van der Waals surface area (Å²) in [6.07, 6.45) is 0. The van der Waals surface area contributed by atoms with E-state index < -0.39 is 0 Å². The molecule has 0 spiro atoms. The molecule has 7 heteroatoms. The van der Waals surface area contributed by atoms with Crippen LogP contribution >= 0.6 is 12.2 Å². The van der Waals surface area contributed by atoms with Crippen molar-refractivity contribution < 1.29 is 14.3 Å². The lowest BCUT2D eigenvalue weighted by atomic mass is 10.2. The molecular weight excluding hydrogens is 386 g/mol. The first-order valence-corrected chi connectivity index (χ1v) is 10.3. The maximum atomic E-state index is 12.1. The number of thiocarbonyl (C=S) groups is 1. The lowest BCUT2D eigenvalue weighted by Crippen LogP contribution is -2.27. The fourth-order valence-electron chi connectivity index (χ4n) is 2.67. The van der Waals surface area contributed by atoms with Gasteiger partial charge in [-0.25, -0.2) is 4.79 Å². The van der Waals surface area contributed by atoms with Crippen LogP contribution in [0, 0.1) is 0 Å². The number of esters is 1. The second-order valence-electron chi connectivity index (χ2n) is 6.28. The van der Waals surface area contributed by atoms with E-state index in [9.17, 15) is 4.79 Å². The van der Waals surface area contributed by atoms with Gasteiger partial charge in [0.15, 0.2) is 5.11 Å². The van der Waals surface area contributed by atoms with Gasteiger partial charge in [-0.15, -0.1) is 0 Å². The number of carbonyl (C=O) groups is 1. The number of rotatable bonds is 10. The average Bonchev–Trinajstić information content (AvgIpc) is 2.73. The second kappa shape index (κ2) is 12.0. The first-order chi connectivity index (χ1) is 14.0. The molecule has 0 aliphatic rings. The van der Waals surface area contributed by atoms with Crippen molar-refractivity contribution in [2.24, 2.45) is 0 Å². The van der Waals surface area contributed by atoms with Gasteiger partial charge < -0.3 is 25.0 Å². The summed E-state index contributed by atoms with van der Waals surface area (Å²) in [5.74, 6) is 0.496. The van der Waals surface area contributed by atoms with Crippen LogP contribution in [0.1, 0.15) is 31.1 Å². The van der Waals surface area contributed by atoms with Crippen LogP contribution in [-0.2, 0) is 4.74 Å². The number of carbonyl (C=O) groups excluding carboxylic acids is 1. The van der Waals surface area contributed by atoms with Crippen molar-refractivity contribution in [2.75, 3.05) is 43.5 Å². The van der Waals surface area contributed by atoms with Crippen LogP contribution in [0.25, 0.3) is 0 Å². The van der Waals surface area contributed by atoms with Gasteiger partial charge >= 0.3 is 5.97 Å². The Balaban J connectivity index is 1.81. The third kappa shape index (κ3) is 7.71. The van der Waals surface area contributed by atoms with Crippen LogP contribution in [0.15, 0.2) is 48.5 Å². The van der Waals surface area contributed by atoms with E-state index in [1.165, 1.54) is 0 Å². The van der Waals surface area contributed by atoms with Crippen molar-refractivity contribution in [1.82, 2.24) is 4.90 Å². The minimum Gasteiger partial charge on any atom is -0.494 e. The summed E-state index contributed by atoms with van der Waals surface area (Å²) in [6.45, 7) is 9.77. The number of hydrogen-bond acceptors (Lipinski definition) is 5. The van der Waals surface area contributed by atoms with Gasteiger partial charge in [0.05, 0.1) is 12.2 Å². The van der Waals surface area contributed by atoms with Crippen LogP contribution in [0.4, 0.5) is 11.4 Å². The molecule has 0 aliphatic heterocycles. The molecule has 2 aromatic rings. The minimum absolute atomic E-state index is 0.321. The first-order valence-electron chi connectivity index (χ1n) is 9.86. The molecule has 0 bridgehead atoms. The lowest BCUT2D eigenvalue weighted by molar-refractivity contribution is 0.0466. The van der Waals surface area contributed by atoms with Crippen molar-refractivity contribution in [3.05, 3.63) is 54.1 Å². The van der Waals surface area contributed by atoms with E-state index >= 15 is 0 Å². The van der Waals surface area contributed by atoms with Crippen molar-refractivity contribution in [1.29, 1.82) is 0 Å². The highest BCUT2D eigenvalue weighted by Crippen LogP contribution is 2.16. The summed E-state index contributed by atoms with van der Waals surface area (Å²) in [7, 11) is 0. The van der Waals surface area contributed by atoms with Gasteiger partial charge in [-0.05, 0) is 80.8 Å². The summed E-state index contributed by atoms with van der Waals surface area (Å²) >= 11 is 5.34. The lowest BCUT2D eigenvalue weighted by Gasteiger charge is -2.17. The van der Waals surface area contributed by atoms with Crippen molar-refractivity contribution in [2.45, 2.75) is 20.8 Å². The Hall–Kier alpha value is -2.64. The van der Waals surface area contributed by atoms with Gasteiger partial charge in [0, 0.05) is 17.9 Å². The number of likely N-dealkylation sites (N-methyl/N-ethyl adjacent to an activating group) is 1. The van der Waals surface area contributed by atoms with Gasteiger partial charge in [-0.3, -0.25) is 0 Å². The Kier molecular flexibility index (Phi) is 9.40. The summed E-state index contributed by atoms with van der Waals surface area (Å²) in [6, 6.07) is 14.6. The smallest absolute Gasteiger partial charge is 0.338 e. The maximum Gasteiger partial charge on any atom is 0.338 e. The number of hydrogen-bond donors (Lipinski definition) is 2. The molecule has 0 aromatic heterocycles. The van der Waals surface area contributed by atoms with Gasteiger partial charge in [0.1, 0.15) is 12.4 Å². The minimum atomic E-state index is -0.321. The summed E-state index contributed by atoms with van der Waals surface area (Å²) in [5, 5.41) is 6.68. The molecule has 0 heterocycles. The quantitative estimate of drug-likeness (QED) is 0.441. The topological polar surface area (TPSA) is 62.8 Å². The van der Waals surface area contributed by atoms with Crippen molar-refractivity contribution in [3.8, 4) is 5.75 Å². The fraction of sp³-hybridized carbons (Fsp3) is 0.364. The van der Waals surface area contributed by atoms with E-state index in [0.29, 0.717) is 23.9 Å². The van der Waals surface area contributed by atoms with Crippen LogP contribution in [0.3, 0.4) is 0 Å². The predicted molar refractivity (Wildman–Crippen MR) is 122 cm³/mol. The highest BCUT2D eigenvalue weighted by molar-refractivity contribution is 7.80. The molecule has 0 unspecified atom stereocenters. The highest BCUT2D eigenvalue weighted by atomic mass is 32.1. The predicted octanol–water partition coefficient (Wildman–Crippen LogP) is 4.39. The van der Waals surface area contributed by atoms with E-state index in [1.54, 1.807) is 24.3 Å². The van der Waals surface area contributed by atoms with Crippen molar-refractivity contribution in [3.63, 3.8) is 0 Å². The molecule has 0 saturated heterocycles. The highest BCUT2D eigenvalue weighted by Gasteiger charge is 2.08. The fourth-order valence-corrected chi connectivity index (χ4v) is 2.91. The molecule has 0 fully saturated rings. The maximum absolute atomic E-state index is 12.1. The van der Waals surface area contributed by atoms with Gasteiger partial charge in [-0.2, -0.15) is 0 Å². The van der Waals surface area contributed by atoms with E-state index in [4.69, 9.17) is 21.7 Å². The molecular formula is C22H29N3O3S. The SMILES string of the molecule is CCOc1ccc(NC(=S)Nc2ccc(C(=O)OCCN(CC)CC)cc2)cc1. The Morgan fingerprint density at radius 1 is 0.931 bits per heavy atom. The van der Waals surface area contributed by atoms with Gasteiger partial charge in [-0.1, -0.05) is 13.8 Å². The second-order valence-corrected chi connectivity index (χ2v) is 6.68. The van der Waals surface area contributed by atoms with E-state index in [0.717, 1.165) is 36.8 Å². The molecule has 0 aliphatic carbocycles. The molecule has 2 rings (SSSR count). The zero-order valence-electron chi connectivity index (χ0n) is 17.2. The third-order valence-electron chi connectivity index (χ3n) is 4.34. The summed E-state index contributed by atoms with van der Waals surface area (Å²) in [5.41, 5.74) is 2.16. The molecule has 2 aromatic carbocycles. The summed E-state index contributed by atoms with van der Waals surface area (Å²) in [4.78, 5) is 14.3. The normalized spacial score (nSPS) is 10.5. The average molecular weight is 416 g/mol. The molecule has 0 radical (unpaired) electrons. The van der Waals surface area contributed by atoms with Crippen LogP contribution < -0.4 is 15.4 Å². The van der Waals surface area contributed by atoms with E-state index in [2.05, 4.69) is 29.4 Å². The number of benzene rings is 2. The Bertz CT molecular complexity index is 775. The van der Waals surface area contributed by atoms with Gasteiger partial charge in [0.25, 0.3) is 0 Å². The third-order valence-corrected chi connectivity index (χ3v) is 4.54. The zero-order valence-corrected chi connectivity index (χ0v) is 18.1. The molecule has 0 atom stereocenters. The number of anilines is 2. The molecule has 6 nitrogen and oxygen atoms in total.